The lowest BCUT2D eigenvalue weighted by Crippen LogP contribution is -2.57. The first-order chi connectivity index (χ1) is 13.6. The summed E-state index contributed by atoms with van der Waals surface area (Å²) in [7, 11) is 0. The van der Waals surface area contributed by atoms with Crippen molar-refractivity contribution >= 4 is 5.91 Å². The standard InChI is InChI=1S/C19H18F4N4O2/c1-18(29,19(21,22)23)17(28)26-8-5-13(6-9-26)15-4-7-25-27(15)16-3-2-12(11-24)10-14(16)20/h2-4,7,10,13,29H,5-6,8-9H2,1H3/t18-/m1/s1. The monoisotopic (exact) mass is 410 g/mol. The number of carbonyl (C=O) groups excluding carboxylic acids is 1. The van der Waals surface area contributed by atoms with E-state index >= 15 is 0 Å². The van der Waals surface area contributed by atoms with Crippen molar-refractivity contribution in [2.24, 2.45) is 0 Å². The van der Waals surface area contributed by atoms with Crippen molar-refractivity contribution in [3.05, 3.63) is 47.5 Å². The fourth-order valence-electron chi connectivity index (χ4n) is 3.38. The third-order valence-corrected chi connectivity index (χ3v) is 5.15. The average Bonchev–Trinajstić information content (AvgIpc) is 3.16. The molecule has 0 radical (unpaired) electrons. The van der Waals surface area contributed by atoms with E-state index in [1.54, 1.807) is 6.07 Å². The Morgan fingerprint density at radius 3 is 2.48 bits per heavy atom. The van der Waals surface area contributed by atoms with E-state index in [4.69, 9.17) is 5.26 Å². The van der Waals surface area contributed by atoms with E-state index in [2.05, 4.69) is 5.10 Å². The van der Waals surface area contributed by atoms with Gasteiger partial charge in [-0.05, 0) is 44.0 Å². The summed E-state index contributed by atoms with van der Waals surface area (Å²) in [5, 5.41) is 22.6. The molecule has 0 unspecified atom stereocenters. The van der Waals surface area contributed by atoms with Gasteiger partial charge in [0.1, 0.15) is 11.5 Å². The molecular weight excluding hydrogens is 392 g/mol. The Bertz CT molecular complexity index is 954. The van der Waals surface area contributed by atoms with Crippen molar-refractivity contribution in [1.29, 1.82) is 5.26 Å². The largest absolute Gasteiger partial charge is 0.426 e. The van der Waals surface area contributed by atoms with Gasteiger partial charge in [0.25, 0.3) is 5.91 Å². The predicted molar refractivity (Wildman–Crippen MR) is 93.5 cm³/mol. The number of hydrogen-bond acceptors (Lipinski definition) is 4. The first-order valence-corrected chi connectivity index (χ1v) is 8.88. The van der Waals surface area contributed by atoms with Crippen molar-refractivity contribution < 1.29 is 27.5 Å². The van der Waals surface area contributed by atoms with E-state index in [9.17, 15) is 27.5 Å². The summed E-state index contributed by atoms with van der Waals surface area (Å²) in [6, 6.07) is 7.53. The maximum Gasteiger partial charge on any atom is 0.426 e. The molecule has 6 nitrogen and oxygen atoms in total. The number of alkyl halides is 3. The molecule has 0 spiro atoms. The normalized spacial score (nSPS) is 17.6. The lowest BCUT2D eigenvalue weighted by atomic mass is 9.92. The van der Waals surface area contributed by atoms with Crippen LogP contribution in [0, 0.1) is 17.1 Å². The molecule has 2 aromatic rings. The van der Waals surface area contributed by atoms with Crippen LogP contribution in [-0.4, -0.2) is 50.6 Å². The van der Waals surface area contributed by atoms with Crippen molar-refractivity contribution in [3.63, 3.8) is 0 Å². The molecule has 1 aliphatic heterocycles. The molecule has 1 aromatic heterocycles. The highest BCUT2D eigenvalue weighted by Crippen LogP contribution is 2.35. The summed E-state index contributed by atoms with van der Waals surface area (Å²) in [6.45, 7) is 0.498. The first kappa shape index (κ1) is 20.8. The first-order valence-electron chi connectivity index (χ1n) is 8.88. The molecule has 1 amide bonds. The van der Waals surface area contributed by atoms with Crippen LogP contribution in [0.5, 0.6) is 0 Å². The minimum Gasteiger partial charge on any atom is -0.373 e. The number of aliphatic hydroxyl groups is 1. The average molecular weight is 410 g/mol. The minimum atomic E-state index is -5.06. The number of aromatic nitrogens is 2. The molecule has 1 saturated heterocycles. The number of nitrogens with zero attached hydrogens (tertiary/aromatic N) is 4. The van der Waals surface area contributed by atoms with Crippen LogP contribution in [0.4, 0.5) is 17.6 Å². The fourth-order valence-corrected chi connectivity index (χ4v) is 3.38. The van der Waals surface area contributed by atoms with Crippen LogP contribution in [-0.2, 0) is 4.79 Å². The van der Waals surface area contributed by atoms with Crippen LogP contribution in [0.3, 0.4) is 0 Å². The number of hydrogen-bond donors (Lipinski definition) is 1. The Hall–Kier alpha value is -2.93. The molecule has 1 aromatic carbocycles. The number of piperidine rings is 1. The summed E-state index contributed by atoms with van der Waals surface area (Å²) < 4.78 is 54.5. The van der Waals surface area contributed by atoms with Gasteiger partial charge in [0, 0.05) is 30.9 Å². The number of halogens is 4. The van der Waals surface area contributed by atoms with Crippen LogP contribution < -0.4 is 0 Å². The van der Waals surface area contributed by atoms with Gasteiger partial charge < -0.3 is 10.0 Å². The third-order valence-electron chi connectivity index (χ3n) is 5.15. The summed E-state index contributed by atoms with van der Waals surface area (Å²) >= 11 is 0. The Morgan fingerprint density at radius 2 is 1.93 bits per heavy atom. The molecule has 0 saturated carbocycles. The zero-order chi connectivity index (χ0) is 21.4. The van der Waals surface area contributed by atoms with Crippen LogP contribution in [0.2, 0.25) is 0 Å². The SMILES string of the molecule is C[C@@](O)(C(=O)N1CCC(c2ccnn2-c2ccc(C#N)cc2F)CC1)C(F)(F)F. The van der Waals surface area contributed by atoms with Gasteiger partial charge in [-0.1, -0.05) is 0 Å². The van der Waals surface area contributed by atoms with Gasteiger partial charge >= 0.3 is 6.18 Å². The number of amides is 1. The molecule has 1 aliphatic rings. The van der Waals surface area contributed by atoms with Gasteiger partial charge in [0.15, 0.2) is 0 Å². The molecule has 10 heteroatoms. The maximum atomic E-state index is 14.4. The Labute approximate surface area is 164 Å². The van der Waals surface area contributed by atoms with E-state index in [-0.39, 0.29) is 30.3 Å². The zero-order valence-electron chi connectivity index (χ0n) is 15.4. The Morgan fingerprint density at radius 1 is 1.28 bits per heavy atom. The molecule has 0 bridgehead atoms. The molecule has 0 aliphatic carbocycles. The van der Waals surface area contributed by atoms with Gasteiger partial charge in [0.05, 0.1) is 11.6 Å². The molecule has 154 valence electrons. The van der Waals surface area contributed by atoms with Crippen LogP contribution in [0.1, 0.15) is 36.9 Å². The van der Waals surface area contributed by atoms with Gasteiger partial charge in [-0.25, -0.2) is 9.07 Å². The Kier molecular flexibility index (Phi) is 5.36. The maximum absolute atomic E-state index is 14.4. The van der Waals surface area contributed by atoms with Gasteiger partial charge in [-0.15, -0.1) is 0 Å². The Balaban J connectivity index is 1.76. The fraction of sp³-hybridized carbons (Fsp3) is 0.421. The highest BCUT2D eigenvalue weighted by molar-refractivity contribution is 5.85. The van der Waals surface area contributed by atoms with E-state index in [1.165, 1.54) is 23.0 Å². The summed E-state index contributed by atoms with van der Waals surface area (Å²) in [5.41, 5.74) is -2.46. The number of nitriles is 1. The second-order valence-corrected chi connectivity index (χ2v) is 7.08. The molecule has 1 fully saturated rings. The van der Waals surface area contributed by atoms with Crippen molar-refractivity contribution in [1.82, 2.24) is 14.7 Å². The molecule has 2 heterocycles. The summed E-state index contributed by atoms with van der Waals surface area (Å²) in [4.78, 5) is 13.1. The minimum absolute atomic E-state index is 0.0246. The molecule has 3 rings (SSSR count). The second-order valence-electron chi connectivity index (χ2n) is 7.08. The summed E-state index contributed by atoms with van der Waals surface area (Å²) in [6.07, 6.45) is -2.90. The molecule has 29 heavy (non-hydrogen) atoms. The summed E-state index contributed by atoms with van der Waals surface area (Å²) in [5.74, 6) is -2.16. The van der Waals surface area contributed by atoms with E-state index in [0.29, 0.717) is 25.5 Å². The molecular formula is C19H18F4N4O2. The van der Waals surface area contributed by atoms with Gasteiger partial charge in [-0.2, -0.15) is 23.5 Å². The lowest BCUT2D eigenvalue weighted by molar-refractivity contribution is -0.250. The number of benzene rings is 1. The quantitative estimate of drug-likeness (QED) is 0.789. The van der Waals surface area contributed by atoms with Crippen molar-refractivity contribution in [2.75, 3.05) is 13.1 Å². The van der Waals surface area contributed by atoms with Crippen molar-refractivity contribution in [3.8, 4) is 11.8 Å². The molecule has 1 N–H and O–H groups in total. The second kappa shape index (κ2) is 7.48. The zero-order valence-corrected chi connectivity index (χ0v) is 15.4. The predicted octanol–water partition coefficient (Wildman–Crippen LogP) is 2.90. The lowest BCUT2D eigenvalue weighted by Gasteiger charge is -2.36. The number of likely N-dealkylation sites (tertiary alicyclic amines) is 1. The van der Waals surface area contributed by atoms with E-state index in [1.807, 2.05) is 6.07 Å². The number of rotatable bonds is 3. The smallest absolute Gasteiger partial charge is 0.373 e. The van der Waals surface area contributed by atoms with E-state index < -0.39 is 23.5 Å². The molecule has 1 atom stereocenters. The van der Waals surface area contributed by atoms with Crippen molar-refractivity contribution in [2.45, 2.75) is 37.5 Å². The van der Waals surface area contributed by atoms with Gasteiger partial charge in [0.2, 0.25) is 5.60 Å². The highest BCUT2D eigenvalue weighted by atomic mass is 19.4. The third kappa shape index (κ3) is 3.82. The van der Waals surface area contributed by atoms with Crippen LogP contribution >= 0.6 is 0 Å². The topological polar surface area (TPSA) is 82.2 Å². The highest BCUT2D eigenvalue weighted by Gasteiger charge is 2.57. The number of carbonyl (C=O) groups is 1. The van der Waals surface area contributed by atoms with Crippen LogP contribution in [0.15, 0.2) is 30.5 Å². The van der Waals surface area contributed by atoms with Crippen LogP contribution in [0.25, 0.3) is 5.69 Å². The van der Waals surface area contributed by atoms with E-state index in [0.717, 1.165) is 11.0 Å². The van der Waals surface area contributed by atoms with Gasteiger partial charge in [-0.3, -0.25) is 4.79 Å².